The predicted octanol–water partition coefficient (Wildman–Crippen LogP) is 9.87. The van der Waals surface area contributed by atoms with E-state index in [1.165, 1.54) is 0 Å². The summed E-state index contributed by atoms with van der Waals surface area (Å²) in [4.78, 5) is 53.0. The topological polar surface area (TPSA) is 117 Å². The number of hydrogen-bond acceptors (Lipinski definition) is 6. The molecule has 0 saturated heterocycles. The number of rotatable bonds is 10. The fourth-order valence-electron chi connectivity index (χ4n) is 5.78. The minimum absolute atomic E-state index is 0.243. The number of benzene rings is 6. The van der Waals surface area contributed by atoms with Gasteiger partial charge in [0.05, 0.1) is 5.56 Å². The van der Waals surface area contributed by atoms with Crippen molar-refractivity contribution in [2.75, 3.05) is 36.8 Å². The fourth-order valence-corrected chi connectivity index (χ4v) is 5.78. The summed E-state index contributed by atoms with van der Waals surface area (Å²) >= 11 is 0. The highest BCUT2D eigenvalue weighted by Gasteiger charge is 2.19. The molecule has 0 aliphatic carbocycles. The van der Waals surface area contributed by atoms with Crippen molar-refractivity contribution < 1.29 is 28.7 Å². The maximum absolute atomic E-state index is 12.9. The molecule has 276 valence electrons. The average molecular weight is 725 g/mol. The van der Waals surface area contributed by atoms with Crippen molar-refractivity contribution in [3.8, 4) is 11.5 Å². The first-order valence-corrected chi connectivity index (χ1v) is 18.0. The largest absolute Gasteiger partial charge is 0.415 e. The number of carbonyl (C=O) groups is 4. The van der Waals surface area contributed by atoms with E-state index in [9.17, 15) is 19.2 Å². The first kappa shape index (κ1) is 38.5. The molecular weight excluding hydrogens is 681 g/mol. The van der Waals surface area contributed by atoms with Gasteiger partial charge in [-0.1, -0.05) is 91.0 Å². The molecule has 0 saturated carbocycles. The van der Waals surface area contributed by atoms with Gasteiger partial charge >= 0.3 is 12.2 Å². The van der Waals surface area contributed by atoms with Crippen LogP contribution in [0.1, 0.15) is 48.4 Å². The quantitative estimate of drug-likeness (QED) is 0.145. The van der Waals surface area contributed by atoms with E-state index in [0.717, 1.165) is 27.2 Å². The standard InChI is InChI=1S/2C22H22N2O3/c1-3-24(4-2)22(26)27-18-12-7-11-17(15-18)21(25)23-20-14-8-10-16-9-5-6-13-19(16)20;1-3-24(4-2)22(26)27-20-15-8-7-13-18(20)21(25)23-19-14-9-11-16-10-5-6-12-17(16)19/h2*5-15H,3-4H2,1-2H3,(H,23,25). The second-order valence-electron chi connectivity index (χ2n) is 12.1. The summed E-state index contributed by atoms with van der Waals surface area (Å²) in [7, 11) is 0. The highest BCUT2D eigenvalue weighted by atomic mass is 16.6. The zero-order chi connectivity index (χ0) is 38.5. The Morgan fingerprint density at radius 3 is 1.54 bits per heavy atom. The molecule has 6 aromatic rings. The van der Waals surface area contributed by atoms with Crippen molar-refractivity contribution >= 4 is 56.9 Å². The summed E-state index contributed by atoms with van der Waals surface area (Å²) in [6.07, 6.45) is -0.892. The lowest BCUT2D eigenvalue weighted by atomic mass is 10.1. The molecule has 0 bridgehead atoms. The van der Waals surface area contributed by atoms with Crippen molar-refractivity contribution in [2.24, 2.45) is 0 Å². The zero-order valence-corrected chi connectivity index (χ0v) is 30.9. The molecule has 10 heteroatoms. The van der Waals surface area contributed by atoms with E-state index < -0.39 is 12.2 Å². The predicted molar refractivity (Wildman–Crippen MR) is 215 cm³/mol. The number of ether oxygens (including phenoxy) is 2. The molecule has 0 spiro atoms. The number of hydrogen-bond donors (Lipinski definition) is 2. The van der Waals surface area contributed by atoms with Crippen LogP contribution >= 0.6 is 0 Å². The number of para-hydroxylation sites is 1. The molecule has 0 aliphatic heterocycles. The van der Waals surface area contributed by atoms with Gasteiger partial charge in [-0.15, -0.1) is 0 Å². The van der Waals surface area contributed by atoms with E-state index >= 15 is 0 Å². The zero-order valence-electron chi connectivity index (χ0n) is 30.9. The van der Waals surface area contributed by atoms with Gasteiger partial charge in [0.1, 0.15) is 11.5 Å². The summed E-state index contributed by atoms with van der Waals surface area (Å²) in [6, 6.07) is 40.6. The fraction of sp³-hybridized carbons (Fsp3) is 0.182. The number of amides is 4. The van der Waals surface area contributed by atoms with E-state index in [2.05, 4.69) is 10.6 Å². The lowest BCUT2D eigenvalue weighted by Gasteiger charge is -2.19. The van der Waals surface area contributed by atoms with Crippen LogP contribution in [0.5, 0.6) is 11.5 Å². The Kier molecular flexibility index (Phi) is 13.4. The first-order chi connectivity index (χ1) is 26.3. The number of nitrogens with zero attached hydrogens (tertiary/aromatic N) is 2. The maximum Gasteiger partial charge on any atom is 0.415 e. The molecule has 4 amide bonds. The monoisotopic (exact) mass is 724 g/mol. The van der Waals surface area contributed by atoms with Gasteiger partial charge in [-0.3, -0.25) is 9.59 Å². The van der Waals surface area contributed by atoms with Crippen LogP contribution in [0.15, 0.2) is 133 Å². The van der Waals surface area contributed by atoms with Crippen LogP contribution < -0.4 is 20.1 Å². The van der Waals surface area contributed by atoms with Gasteiger partial charge in [-0.2, -0.15) is 0 Å². The van der Waals surface area contributed by atoms with E-state index in [1.807, 2.05) is 113 Å². The minimum atomic E-state index is -0.467. The van der Waals surface area contributed by atoms with Gasteiger partial charge in [0.2, 0.25) is 0 Å². The molecular formula is C44H44N4O6. The van der Waals surface area contributed by atoms with Gasteiger partial charge in [-0.05, 0) is 80.9 Å². The Balaban J connectivity index is 0.000000208. The molecule has 0 radical (unpaired) electrons. The maximum atomic E-state index is 12.9. The van der Waals surface area contributed by atoms with Gasteiger partial charge < -0.3 is 29.9 Å². The van der Waals surface area contributed by atoms with Gasteiger partial charge in [0, 0.05) is 53.9 Å². The van der Waals surface area contributed by atoms with Crippen LogP contribution in [0.4, 0.5) is 21.0 Å². The van der Waals surface area contributed by atoms with Crippen molar-refractivity contribution in [2.45, 2.75) is 27.7 Å². The molecule has 0 heterocycles. The van der Waals surface area contributed by atoms with E-state index in [0.29, 0.717) is 48.7 Å². The first-order valence-electron chi connectivity index (χ1n) is 18.0. The molecule has 6 rings (SSSR count). The van der Waals surface area contributed by atoms with E-state index in [1.54, 1.807) is 58.3 Å². The second-order valence-corrected chi connectivity index (χ2v) is 12.1. The third-order valence-electron chi connectivity index (χ3n) is 8.75. The third-order valence-corrected chi connectivity index (χ3v) is 8.75. The molecule has 10 nitrogen and oxygen atoms in total. The van der Waals surface area contributed by atoms with Crippen molar-refractivity contribution in [3.63, 3.8) is 0 Å². The Hall–Kier alpha value is -6.68. The Labute approximate surface area is 315 Å². The van der Waals surface area contributed by atoms with Crippen LogP contribution in [-0.4, -0.2) is 60.0 Å². The van der Waals surface area contributed by atoms with Crippen LogP contribution in [0, 0.1) is 0 Å². The molecule has 0 unspecified atom stereocenters. The Bertz CT molecular complexity index is 2240. The highest BCUT2D eigenvalue weighted by molar-refractivity contribution is 6.11. The summed E-state index contributed by atoms with van der Waals surface area (Å²) in [5.74, 6) is 0.00555. The average Bonchev–Trinajstić information content (AvgIpc) is 3.19. The van der Waals surface area contributed by atoms with E-state index in [-0.39, 0.29) is 17.6 Å². The molecule has 54 heavy (non-hydrogen) atoms. The molecule has 0 atom stereocenters. The van der Waals surface area contributed by atoms with Gasteiger partial charge in [0.15, 0.2) is 0 Å². The number of nitrogens with one attached hydrogen (secondary N) is 2. The number of anilines is 2. The van der Waals surface area contributed by atoms with Gasteiger partial charge in [0.25, 0.3) is 11.8 Å². The summed E-state index contributed by atoms with van der Waals surface area (Å²) in [5, 5.41) is 9.88. The molecule has 0 aliphatic rings. The molecule has 0 aromatic heterocycles. The van der Waals surface area contributed by atoms with Crippen LogP contribution in [0.2, 0.25) is 0 Å². The number of fused-ring (bicyclic) bond motifs is 2. The summed E-state index contributed by atoms with van der Waals surface area (Å²) in [6.45, 7) is 9.75. The molecule has 0 fully saturated rings. The minimum Gasteiger partial charge on any atom is -0.410 e. The van der Waals surface area contributed by atoms with Crippen molar-refractivity contribution in [3.05, 3.63) is 145 Å². The van der Waals surface area contributed by atoms with Crippen LogP contribution in [0.25, 0.3) is 21.5 Å². The Morgan fingerprint density at radius 1 is 0.500 bits per heavy atom. The Morgan fingerprint density at radius 2 is 0.963 bits per heavy atom. The van der Waals surface area contributed by atoms with Crippen LogP contribution in [0.3, 0.4) is 0 Å². The van der Waals surface area contributed by atoms with Crippen LogP contribution in [-0.2, 0) is 0 Å². The van der Waals surface area contributed by atoms with E-state index in [4.69, 9.17) is 9.47 Å². The summed E-state index contributed by atoms with van der Waals surface area (Å²) < 4.78 is 10.8. The number of carbonyl (C=O) groups excluding carboxylic acids is 4. The summed E-state index contributed by atoms with van der Waals surface area (Å²) in [5.41, 5.74) is 2.19. The normalized spacial score (nSPS) is 10.4. The highest BCUT2D eigenvalue weighted by Crippen LogP contribution is 2.27. The molecule has 2 N–H and O–H groups in total. The van der Waals surface area contributed by atoms with Crippen molar-refractivity contribution in [1.82, 2.24) is 9.80 Å². The lowest BCUT2D eigenvalue weighted by molar-refractivity contribution is 0.101. The van der Waals surface area contributed by atoms with Crippen molar-refractivity contribution in [1.29, 1.82) is 0 Å². The smallest absolute Gasteiger partial charge is 0.410 e. The second kappa shape index (κ2) is 18.7. The SMILES string of the molecule is CCN(CC)C(=O)Oc1cccc(C(=O)Nc2cccc3ccccc23)c1.CCN(CC)C(=O)Oc1ccccc1C(=O)Nc1cccc2ccccc12. The van der Waals surface area contributed by atoms with Gasteiger partial charge in [-0.25, -0.2) is 9.59 Å². The lowest BCUT2D eigenvalue weighted by Crippen LogP contribution is -2.33. The molecule has 6 aromatic carbocycles. The third kappa shape index (κ3) is 9.60.